The van der Waals surface area contributed by atoms with Crippen molar-refractivity contribution in [1.82, 2.24) is 14.5 Å². The second-order valence-electron chi connectivity index (χ2n) is 7.57. The molecule has 1 aliphatic heterocycles. The van der Waals surface area contributed by atoms with Gasteiger partial charge >= 0.3 is 12.2 Å². The quantitative estimate of drug-likeness (QED) is 0.527. The van der Waals surface area contributed by atoms with Crippen LogP contribution in [0.1, 0.15) is 29.6 Å². The highest BCUT2D eigenvalue weighted by atomic mass is 35.5. The Labute approximate surface area is 197 Å². The SMILES string of the molecule is O=C(Nc1nnc(-c2ccc(Cl)cc2)o1)c1ccc(S(=O)(=O)N2CCCC[C@@H]2C(F)(F)F)cc1. The van der Waals surface area contributed by atoms with Crippen molar-refractivity contribution in [3.63, 3.8) is 0 Å². The molecule has 1 saturated heterocycles. The van der Waals surface area contributed by atoms with Crippen molar-refractivity contribution >= 4 is 33.5 Å². The van der Waals surface area contributed by atoms with Crippen molar-refractivity contribution < 1.29 is 30.8 Å². The van der Waals surface area contributed by atoms with E-state index in [1.165, 1.54) is 12.1 Å². The third kappa shape index (κ3) is 5.08. The van der Waals surface area contributed by atoms with Crippen LogP contribution in [0, 0.1) is 0 Å². The minimum Gasteiger partial charge on any atom is -0.403 e. The van der Waals surface area contributed by atoms with Crippen LogP contribution < -0.4 is 5.32 Å². The molecule has 0 radical (unpaired) electrons. The van der Waals surface area contributed by atoms with Crippen molar-refractivity contribution in [2.75, 3.05) is 11.9 Å². The maximum atomic E-state index is 13.4. The van der Waals surface area contributed by atoms with Gasteiger partial charge in [-0.25, -0.2) is 8.42 Å². The van der Waals surface area contributed by atoms with Crippen LogP contribution in [0.3, 0.4) is 0 Å². The van der Waals surface area contributed by atoms with E-state index in [2.05, 4.69) is 15.5 Å². The van der Waals surface area contributed by atoms with E-state index in [1.54, 1.807) is 24.3 Å². The zero-order valence-corrected chi connectivity index (χ0v) is 19.0. The highest BCUT2D eigenvalue weighted by Crippen LogP contribution is 2.35. The van der Waals surface area contributed by atoms with E-state index in [4.69, 9.17) is 16.0 Å². The lowest BCUT2D eigenvalue weighted by atomic mass is 10.0. The summed E-state index contributed by atoms with van der Waals surface area (Å²) in [6.07, 6.45) is -4.31. The number of hydrogen-bond acceptors (Lipinski definition) is 6. The Kier molecular flexibility index (Phi) is 6.65. The molecule has 1 aromatic heterocycles. The largest absolute Gasteiger partial charge is 0.405 e. The Morgan fingerprint density at radius 3 is 2.38 bits per heavy atom. The van der Waals surface area contributed by atoms with Gasteiger partial charge in [-0.1, -0.05) is 23.1 Å². The highest BCUT2D eigenvalue weighted by molar-refractivity contribution is 7.89. The molecule has 3 aromatic rings. The molecule has 180 valence electrons. The summed E-state index contributed by atoms with van der Waals surface area (Å²) in [5.41, 5.74) is 0.637. The van der Waals surface area contributed by atoms with Crippen LogP contribution in [0.4, 0.5) is 19.2 Å². The number of benzene rings is 2. The molecule has 1 N–H and O–H groups in total. The molecule has 1 aliphatic rings. The molecule has 2 heterocycles. The number of amides is 1. The molecule has 1 fully saturated rings. The lowest BCUT2D eigenvalue weighted by Gasteiger charge is -2.35. The van der Waals surface area contributed by atoms with Gasteiger partial charge in [0.05, 0.1) is 4.90 Å². The predicted molar refractivity (Wildman–Crippen MR) is 117 cm³/mol. The third-order valence-corrected chi connectivity index (χ3v) is 7.47. The first-order valence-corrected chi connectivity index (χ1v) is 12.0. The first-order chi connectivity index (χ1) is 16.1. The van der Waals surface area contributed by atoms with Crippen LogP contribution in [-0.2, 0) is 10.0 Å². The smallest absolute Gasteiger partial charge is 0.403 e. The van der Waals surface area contributed by atoms with E-state index in [0.717, 1.165) is 12.1 Å². The minimum atomic E-state index is -4.66. The van der Waals surface area contributed by atoms with Gasteiger partial charge in [-0.3, -0.25) is 10.1 Å². The van der Waals surface area contributed by atoms with E-state index in [1.807, 2.05) is 0 Å². The molecule has 0 spiro atoms. The van der Waals surface area contributed by atoms with E-state index >= 15 is 0 Å². The van der Waals surface area contributed by atoms with Crippen molar-refractivity contribution in [3.8, 4) is 11.5 Å². The molecule has 0 aliphatic carbocycles. The lowest BCUT2D eigenvalue weighted by Crippen LogP contribution is -2.51. The summed E-state index contributed by atoms with van der Waals surface area (Å²) in [6, 6.07) is 8.92. The molecule has 1 amide bonds. The van der Waals surface area contributed by atoms with E-state index in [-0.39, 0.29) is 35.3 Å². The van der Waals surface area contributed by atoms with Gasteiger partial charge in [0, 0.05) is 22.7 Å². The van der Waals surface area contributed by atoms with Crippen LogP contribution in [0.25, 0.3) is 11.5 Å². The maximum absolute atomic E-state index is 13.4. The topological polar surface area (TPSA) is 105 Å². The number of piperidine rings is 1. The van der Waals surface area contributed by atoms with Crippen LogP contribution in [-0.4, -0.2) is 47.6 Å². The average molecular weight is 515 g/mol. The number of anilines is 1. The molecule has 0 bridgehead atoms. The Balaban J connectivity index is 1.48. The average Bonchev–Trinajstić information content (AvgIpc) is 3.27. The number of nitrogens with zero attached hydrogens (tertiary/aromatic N) is 3. The fourth-order valence-electron chi connectivity index (χ4n) is 3.59. The number of aromatic nitrogens is 2. The van der Waals surface area contributed by atoms with Gasteiger partial charge in [0.25, 0.3) is 5.91 Å². The van der Waals surface area contributed by atoms with Crippen molar-refractivity contribution in [2.24, 2.45) is 0 Å². The van der Waals surface area contributed by atoms with Gasteiger partial charge in [0.2, 0.25) is 15.9 Å². The Morgan fingerprint density at radius 2 is 1.74 bits per heavy atom. The molecule has 34 heavy (non-hydrogen) atoms. The summed E-state index contributed by atoms with van der Waals surface area (Å²) in [7, 11) is -4.39. The van der Waals surface area contributed by atoms with Crippen molar-refractivity contribution in [1.29, 1.82) is 0 Å². The Morgan fingerprint density at radius 1 is 1.06 bits per heavy atom. The fraction of sp³-hybridized carbons (Fsp3) is 0.286. The number of carbonyl (C=O) groups excluding carboxylic acids is 1. The molecule has 8 nitrogen and oxygen atoms in total. The standard InChI is InChI=1S/C21H18ClF3N4O4S/c22-15-8-4-14(5-9-15)19-27-28-20(33-19)26-18(30)13-6-10-16(11-7-13)34(31,32)29-12-2-1-3-17(29)21(23,24)25/h4-11,17H,1-3,12H2,(H,26,28,30)/t17-/m1/s1. The minimum absolute atomic E-state index is 0.0520. The highest BCUT2D eigenvalue weighted by Gasteiger charge is 2.49. The molecule has 4 rings (SSSR count). The van der Waals surface area contributed by atoms with Gasteiger partial charge < -0.3 is 4.42 Å². The Hall–Kier alpha value is -2.96. The predicted octanol–water partition coefficient (Wildman–Crippen LogP) is 4.75. The van der Waals surface area contributed by atoms with Gasteiger partial charge in [0.1, 0.15) is 6.04 Å². The second-order valence-corrected chi connectivity index (χ2v) is 9.89. The van der Waals surface area contributed by atoms with Gasteiger partial charge in [-0.15, -0.1) is 5.10 Å². The first-order valence-electron chi connectivity index (χ1n) is 10.1. The molecule has 1 atom stereocenters. The molecule has 0 unspecified atom stereocenters. The van der Waals surface area contributed by atoms with Crippen molar-refractivity contribution in [3.05, 3.63) is 59.1 Å². The van der Waals surface area contributed by atoms with E-state index < -0.39 is 28.1 Å². The zero-order valence-electron chi connectivity index (χ0n) is 17.4. The van der Waals surface area contributed by atoms with Gasteiger partial charge in [-0.05, 0) is 61.4 Å². The van der Waals surface area contributed by atoms with E-state index in [0.29, 0.717) is 27.7 Å². The van der Waals surface area contributed by atoms with Gasteiger partial charge in [-0.2, -0.15) is 17.5 Å². The second kappa shape index (κ2) is 9.35. The molecule has 13 heteroatoms. The monoisotopic (exact) mass is 514 g/mol. The van der Waals surface area contributed by atoms with Crippen LogP contribution in [0.5, 0.6) is 0 Å². The molecular formula is C21H18ClF3N4O4S. The number of halogens is 4. The van der Waals surface area contributed by atoms with E-state index in [9.17, 15) is 26.4 Å². The number of sulfonamides is 1. The lowest BCUT2D eigenvalue weighted by molar-refractivity contribution is -0.177. The number of rotatable bonds is 5. The van der Waals surface area contributed by atoms with Gasteiger partial charge in [0.15, 0.2) is 0 Å². The first kappa shape index (κ1) is 24.2. The molecule has 2 aromatic carbocycles. The molecule has 0 saturated carbocycles. The number of carbonyl (C=O) groups is 1. The third-order valence-electron chi connectivity index (χ3n) is 5.29. The fourth-order valence-corrected chi connectivity index (χ4v) is 5.39. The Bertz CT molecular complexity index is 1280. The number of alkyl halides is 3. The number of nitrogens with one attached hydrogen (secondary N) is 1. The summed E-state index contributed by atoms with van der Waals surface area (Å²) in [6.45, 7) is -0.220. The summed E-state index contributed by atoms with van der Waals surface area (Å²) < 4.78 is 71.7. The summed E-state index contributed by atoms with van der Waals surface area (Å²) in [5.74, 6) is -0.518. The number of hydrogen-bond donors (Lipinski definition) is 1. The van der Waals surface area contributed by atoms with Crippen molar-refractivity contribution in [2.45, 2.75) is 36.4 Å². The normalized spacial score (nSPS) is 17.5. The van der Waals surface area contributed by atoms with Crippen LogP contribution in [0.15, 0.2) is 57.8 Å². The summed E-state index contributed by atoms with van der Waals surface area (Å²) in [5, 5.41) is 10.5. The summed E-state index contributed by atoms with van der Waals surface area (Å²) >= 11 is 5.84. The van der Waals surface area contributed by atoms with Crippen LogP contribution in [0.2, 0.25) is 5.02 Å². The maximum Gasteiger partial charge on any atom is 0.405 e. The van der Waals surface area contributed by atoms with Crippen LogP contribution >= 0.6 is 11.6 Å². The molecular weight excluding hydrogens is 497 g/mol. The summed E-state index contributed by atoms with van der Waals surface area (Å²) in [4.78, 5) is 12.2. The zero-order chi connectivity index (χ0) is 24.5.